The fourth-order valence-electron chi connectivity index (χ4n) is 2.04. The molecule has 21 heavy (non-hydrogen) atoms. The average Bonchev–Trinajstić information content (AvgIpc) is 2.76. The largest absolute Gasteiger partial charge is 0.497 e. The van der Waals surface area contributed by atoms with Crippen LogP contribution in [0.3, 0.4) is 0 Å². The molecule has 0 bridgehead atoms. The van der Waals surface area contributed by atoms with Crippen molar-refractivity contribution >= 4 is 19.2 Å². The van der Waals surface area contributed by atoms with Crippen molar-refractivity contribution in [2.75, 3.05) is 7.11 Å². The predicted octanol–water partition coefficient (Wildman–Crippen LogP) is -0.799. The SMILES string of the molecule is COc1ccc2c(c1)=NC(B(O)O)(C(=O)OC(C)(C)C)C=2. The van der Waals surface area contributed by atoms with E-state index in [1.807, 2.05) is 0 Å². The molecule has 0 fully saturated rings. The Hall–Kier alpha value is -1.86. The highest BCUT2D eigenvalue weighted by Crippen LogP contribution is 2.23. The van der Waals surface area contributed by atoms with E-state index in [1.54, 1.807) is 39.0 Å². The molecule has 0 aliphatic carbocycles. The molecule has 1 unspecified atom stereocenters. The summed E-state index contributed by atoms with van der Waals surface area (Å²) < 4.78 is 10.4. The van der Waals surface area contributed by atoms with Crippen LogP contribution in [0.15, 0.2) is 23.2 Å². The molecular weight excluding hydrogens is 273 g/mol. The van der Waals surface area contributed by atoms with Gasteiger partial charge in [-0.15, -0.1) is 0 Å². The molecule has 2 rings (SSSR count). The molecular formula is C14H18BNO5. The number of carbonyl (C=O) groups excluding carboxylic acids is 1. The van der Waals surface area contributed by atoms with E-state index in [0.717, 1.165) is 0 Å². The number of nitrogens with zero attached hydrogens (tertiary/aromatic N) is 1. The summed E-state index contributed by atoms with van der Waals surface area (Å²) in [5.74, 6) is -0.238. The van der Waals surface area contributed by atoms with Crippen molar-refractivity contribution < 1.29 is 24.3 Å². The highest BCUT2D eigenvalue weighted by atomic mass is 16.6. The third-order valence-electron chi connectivity index (χ3n) is 3.04. The summed E-state index contributed by atoms with van der Waals surface area (Å²) in [5.41, 5.74) is -2.60. The molecule has 2 N–H and O–H groups in total. The molecule has 112 valence electrons. The zero-order valence-corrected chi connectivity index (χ0v) is 12.5. The number of rotatable bonds is 3. The van der Waals surface area contributed by atoms with Gasteiger partial charge in [-0.2, -0.15) is 0 Å². The summed E-state index contributed by atoms with van der Waals surface area (Å²) in [5, 5.41) is 20.4. The molecule has 1 atom stereocenters. The fraction of sp³-hybridized carbons (Fsp3) is 0.429. The third-order valence-corrected chi connectivity index (χ3v) is 3.04. The van der Waals surface area contributed by atoms with Gasteiger partial charge in [0.05, 0.1) is 12.5 Å². The van der Waals surface area contributed by atoms with Crippen molar-refractivity contribution in [3.63, 3.8) is 0 Å². The van der Waals surface area contributed by atoms with Gasteiger partial charge in [-0.3, -0.25) is 4.99 Å². The summed E-state index contributed by atoms with van der Waals surface area (Å²) in [6, 6.07) is 5.03. The maximum atomic E-state index is 12.3. The highest BCUT2D eigenvalue weighted by molar-refractivity contribution is 6.55. The second-order valence-electron chi connectivity index (χ2n) is 5.88. The third kappa shape index (κ3) is 2.93. The Balaban J connectivity index is 2.52. The first kappa shape index (κ1) is 15.5. The number of ether oxygens (including phenoxy) is 2. The zero-order valence-electron chi connectivity index (χ0n) is 12.5. The Bertz CT molecular complexity index is 680. The number of methoxy groups -OCH3 is 1. The van der Waals surface area contributed by atoms with E-state index in [1.165, 1.54) is 13.2 Å². The van der Waals surface area contributed by atoms with Crippen LogP contribution in [0.5, 0.6) is 5.75 Å². The summed E-state index contributed by atoms with van der Waals surface area (Å²) >= 11 is 0. The Morgan fingerprint density at radius 3 is 2.52 bits per heavy atom. The first-order chi connectivity index (χ1) is 9.68. The Labute approximate surface area is 122 Å². The Morgan fingerprint density at radius 1 is 1.33 bits per heavy atom. The lowest BCUT2D eigenvalue weighted by atomic mass is 9.65. The standard InChI is InChI=1S/C14H18BNO5/c1-13(2,3)21-12(17)14(15(18)19)8-9-5-6-10(20-4)7-11(9)16-14/h5-8,18-19H,1-4H3. The van der Waals surface area contributed by atoms with Gasteiger partial charge in [-0.25, -0.2) is 4.79 Å². The highest BCUT2D eigenvalue weighted by Gasteiger charge is 2.51. The van der Waals surface area contributed by atoms with Crippen LogP contribution in [-0.2, 0) is 9.53 Å². The van der Waals surface area contributed by atoms with Crippen LogP contribution in [0.1, 0.15) is 20.8 Å². The van der Waals surface area contributed by atoms with Crippen LogP contribution in [0.2, 0.25) is 0 Å². The molecule has 6 nitrogen and oxygen atoms in total. The maximum Gasteiger partial charge on any atom is 0.497 e. The van der Waals surface area contributed by atoms with Crippen molar-refractivity contribution in [1.82, 2.24) is 0 Å². The molecule has 7 heteroatoms. The molecule has 1 aromatic rings. The summed E-state index contributed by atoms with van der Waals surface area (Å²) in [6.07, 6.45) is 1.40. The molecule has 1 aromatic carbocycles. The van der Waals surface area contributed by atoms with E-state index < -0.39 is 24.1 Å². The Kier molecular flexibility index (Phi) is 3.82. The molecule has 0 amide bonds. The van der Waals surface area contributed by atoms with E-state index in [2.05, 4.69) is 4.99 Å². The Morgan fingerprint density at radius 2 is 2.00 bits per heavy atom. The van der Waals surface area contributed by atoms with E-state index in [9.17, 15) is 14.8 Å². The lowest BCUT2D eigenvalue weighted by Gasteiger charge is -2.27. The molecule has 0 spiro atoms. The van der Waals surface area contributed by atoms with Crippen molar-refractivity contribution in [3.05, 3.63) is 28.8 Å². The monoisotopic (exact) mass is 291 g/mol. The minimum absolute atomic E-state index is 0.452. The van der Waals surface area contributed by atoms with E-state index >= 15 is 0 Å². The van der Waals surface area contributed by atoms with Crippen molar-refractivity contribution in [1.29, 1.82) is 0 Å². The first-order valence-electron chi connectivity index (χ1n) is 6.54. The summed E-state index contributed by atoms with van der Waals surface area (Å²) in [4.78, 5) is 16.5. The van der Waals surface area contributed by atoms with Gasteiger partial charge in [0, 0.05) is 6.07 Å². The number of esters is 1. The van der Waals surface area contributed by atoms with Crippen molar-refractivity contribution in [2.45, 2.75) is 31.8 Å². The van der Waals surface area contributed by atoms with Gasteiger partial charge in [-0.05, 0) is 44.2 Å². The van der Waals surface area contributed by atoms with Gasteiger partial charge in [0.1, 0.15) is 11.4 Å². The van der Waals surface area contributed by atoms with Crippen molar-refractivity contribution in [2.24, 2.45) is 4.99 Å². The molecule has 1 heterocycles. The molecule has 0 aromatic heterocycles. The summed E-state index contributed by atoms with van der Waals surface area (Å²) in [7, 11) is -0.478. The molecule has 1 aliphatic rings. The number of hydrogen-bond acceptors (Lipinski definition) is 6. The van der Waals surface area contributed by atoms with Gasteiger partial charge >= 0.3 is 13.1 Å². The average molecular weight is 291 g/mol. The zero-order chi connectivity index (χ0) is 15.8. The van der Waals surface area contributed by atoms with Gasteiger partial charge in [0.25, 0.3) is 0 Å². The summed E-state index contributed by atoms with van der Waals surface area (Å²) in [6.45, 7) is 5.11. The van der Waals surface area contributed by atoms with Crippen LogP contribution in [0, 0.1) is 0 Å². The van der Waals surface area contributed by atoms with E-state index in [-0.39, 0.29) is 0 Å². The second-order valence-corrected chi connectivity index (χ2v) is 5.88. The molecule has 0 saturated carbocycles. The lowest BCUT2D eigenvalue weighted by molar-refractivity contribution is -0.156. The minimum atomic E-state index is -1.99. The van der Waals surface area contributed by atoms with E-state index in [4.69, 9.17) is 9.47 Å². The van der Waals surface area contributed by atoms with Crippen LogP contribution in [-0.4, -0.2) is 41.3 Å². The fourth-order valence-corrected chi connectivity index (χ4v) is 2.04. The molecule has 0 saturated heterocycles. The van der Waals surface area contributed by atoms with Crippen LogP contribution >= 0.6 is 0 Å². The number of benzene rings is 1. The normalized spacial score (nSPS) is 20.1. The van der Waals surface area contributed by atoms with Gasteiger partial charge in [0.15, 0.2) is 0 Å². The minimum Gasteiger partial charge on any atom is -0.497 e. The second kappa shape index (κ2) is 5.16. The number of fused-ring (bicyclic) bond motifs is 1. The van der Waals surface area contributed by atoms with Crippen LogP contribution < -0.4 is 15.3 Å². The van der Waals surface area contributed by atoms with Gasteiger partial charge < -0.3 is 19.5 Å². The van der Waals surface area contributed by atoms with Crippen LogP contribution in [0.25, 0.3) is 6.08 Å². The number of hydrogen-bond donors (Lipinski definition) is 2. The molecule has 0 radical (unpaired) electrons. The maximum absolute atomic E-state index is 12.3. The number of carbonyl (C=O) groups is 1. The smallest absolute Gasteiger partial charge is 0.497 e. The van der Waals surface area contributed by atoms with E-state index in [0.29, 0.717) is 16.3 Å². The predicted molar refractivity (Wildman–Crippen MR) is 77.0 cm³/mol. The first-order valence-corrected chi connectivity index (χ1v) is 6.54. The molecule has 1 aliphatic heterocycles. The van der Waals surface area contributed by atoms with Gasteiger partial charge in [-0.1, -0.05) is 0 Å². The van der Waals surface area contributed by atoms with Crippen LogP contribution in [0.4, 0.5) is 0 Å². The quantitative estimate of drug-likeness (QED) is 0.562. The van der Waals surface area contributed by atoms with Crippen molar-refractivity contribution in [3.8, 4) is 5.75 Å². The van der Waals surface area contributed by atoms with Gasteiger partial charge in [0.2, 0.25) is 5.44 Å². The lowest BCUT2D eigenvalue weighted by Crippen LogP contribution is -2.52. The topological polar surface area (TPSA) is 88.4 Å².